The molecule has 110 valence electrons. The van der Waals surface area contributed by atoms with Crippen molar-refractivity contribution >= 4 is 11.9 Å². The first-order chi connectivity index (χ1) is 9.51. The van der Waals surface area contributed by atoms with Crippen molar-refractivity contribution in [3.8, 4) is 0 Å². The van der Waals surface area contributed by atoms with Gasteiger partial charge in [-0.2, -0.15) is 0 Å². The van der Waals surface area contributed by atoms with Gasteiger partial charge in [-0.1, -0.05) is 0 Å². The summed E-state index contributed by atoms with van der Waals surface area (Å²) in [5, 5.41) is 0. The molecule has 0 bridgehead atoms. The number of morpholine rings is 1. The maximum Gasteiger partial charge on any atom is 0.336 e. The zero-order valence-electron chi connectivity index (χ0n) is 11.3. The molecule has 1 atom stereocenters. The maximum atomic E-state index is 12.0. The van der Waals surface area contributed by atoms with Gasteiger partial charge in [0, 0.05) is 19.2 Å². The standard InChI is InChI=1S/C12H16N2O6/c1-8-5-10(15)14(20-8)11(16)7-13-3-4-19-9(6-13)12(17)18-2/h5,9H,3-4,6-7H2,1-2H3. The Kier molecular flexibility index (Phi) is 4.35. The lowest BCUT2D eigenvalue weighted by atomic mass is 10.2. The molecule has 0 aliphatic carbocycles. The highest BCUT2D eigenvalue weighted by molar-refractivity contribution is 5.79. The van der Waals surface area contributed by atoms with Gasteiger partial charge in [-0.05, 0) is 6.92 Å². The molecule has 0 N–H and O–H groups in total. The van der Waals surface area contributed by atoms with E-state index in [1.165, 1.54) is 13.2 Å². The number of methoxy groups -OCH3 is 1. The number of aryl methyl sites for hydroxylation is 1. The van der Waals surface area contributed by atoms with Crippen molar-refractivity contribution in [1.82, 2.24) is 9.64 Å². The number of hydrogen-bond acceptors (Lipinski definition) is 7. The topological polar surface area (TPSA) is 91.0 Å². The molecule has 1 aliphatic rings. The van der Waals surface area contributed by atoms with Crippen molar-refractivity contribution in [2.45, 2.75) is 13.0 Å². The van der Waals surface area contributed by atoms with Gasteiger partial charge in [0.05, 0.1) is 20.3 Å². The lowest BCUT2D eigenvalue weighted by Crippen LogP contribution is -2.49. The summed E-state index contributed by atoms with van der Waals surface area (Å²) >= 11 is 0. The Morgan fingerprint density at radius 2 is 2.25 bits per heavy atom. The molecule has 8 nitrogen and oxygen atoms in total. The maximum absolute atomic E-state index is 12.0. The van der Waals surface area contributed by atoms with Crippen LogP contribution in [0.2, 0.25) is 0 Å². The van der Waals surface area contributed by atoms with Crippen molar-refractivity contribution in [2.24, 2.45) is 0 Å². The molecule has 2 rings (SSSR count). The van der Waals surface area contributed by atoms with Crippen LogP contribution in [-0.4, -0.2) is 61.0 Å². The minimum absolute atomic E-state index is 0.0241. The van der Waals surface area contributed by atoms with E-state index in [0.717, 1.165) is 4.74 Å². The molecule has 0 aromatic carbocycles. The van der Waals surface area contributed by atoms with Gasteiger partial charge in [-0.3, -0.25) is 14.5 Å². The quantitative estimate of drug-likeness (QED) is 0.675. The molecular formula is C12H16N2O6. The monoisotopic (exact) mass is 284 g/mol. The molecule has 20 heavy (non-hydrogen) atoms. The van der Waals surface area contributed by atoms with Crippen LogP contribution in [0.3, 0.4) is 0 Å². The van der Waals surface area contributed by atoms with Crippen LogP contribution in [0.1, 0.15) is 10.6 Å². The van der Waals surface area contributed by atoms with Crippen LogP contribution >= 0.6 is 0 Å². The van der Waals surface area contributed by atoms with Crippen molar-refractivity contribution in [2.75, 3.05) is 33.4 Å². The molecule has 2 heterocycles. The van der Waals surface area contributed by atoms with Crippen LogP contribution in [0, 0.1) is 6.92 Å². The van der Waals surface area contributed by atoms with Gasteiger partial charge < -0.3 is 14.0 Å². The van der Waals surface area contributed by atoms with Crippen LogP contribution in [0.5, 0.6) is 0 Å². The van der Waals surface area contributed by atoms with Crippen molar-refractivity contribution in [3.05, 3.63) is 22.2 Å². The molecule has 0 spiro atoms. The largest absolute Gasteiger partial charge is 0.467 e. The van der Waals surface area contributed by atoms with E-state index in [1.54, 1.807) is 11.8 Å². The van der Waals surface area contributed by atoms with E-state index in [0.29, 0.717) is 18.9 Å². The van der Waals surface area contributed by atoms with Gasteiger partial charge >= 0.3 is 5.97 Å². The van der Waals surface area contributed by atoms with Gasteiger partial charge in [-0.15, -0.1) is 4.74 Å². The molecule has 1 aromatic rings. The first kappa shape index (κ1) is 14.5. The summed E-state index contributed by atoms with van der Waals surface area (Å²) in [4.78, 5) is 36.5. The molecular weight excluding hydrogens is 268 g/mol. The molecule has 8 heteroatoms. The molecule has 1 saturated heterocycles. The Balaban J connectivity index is 1.99. The van der Waals surface area contributed by atoms with Gasteiger partial charge in [0.1, 0.15) is 5.76 Å². The van der Waals surface area contributed by atoms with Crippen molar-refractivity contribution in [3.63, 3.8) is 0 Å². The van der Waals surface area contributed by atoms with Crippen LogP contribution < -0.4 is 5.56 Å². The molecule has 0 amide bonds. The molecule has 1 unspecified atom stereocenters. The van der Waals surface area contributed by atoms with E-state index in [-0.39, 0.29) is 13.1 Å². The zero-order chi connectivity index (χ0) is 14.7. The SMILES string of the molecule is COC(=O)C1CN(CC(=O)n2oc(C)cc2=O)CCO1. The predicted octanol–water partition coefficient (Wildman–Crippen LogP) is -0.736. The summed E-state index contributed by atoms with van der Waals surface area (Å²) in [5.74, 6) is -0.584. The number of nitrogens with zero attached hydrogens (tertiary/aromatic N) is 2. The summed E-state index contributed by atoms with van der Waals surface area (Å²) in [6.07, 6.45) is -0.711. The van der Waals surface area contributed by atoms with Crippen LogP contribution in [0.25, 0.3) is 0 Å². The summed E-state index contributed by atoms with van der Waals surface area (Å²) in [7, 11) is 1.28. The fraction of sp³-hybridized carbons (Fsp3) is 0.583. The average molecular weight is 284 g/mol. The van der Waals surface area contributed by atoms with Gasteiger partial charge in [0.25, 0.3) is 11.5 Å². The molecule has 0 radical (unpaired) electrons. The van der Waals surface area contributed by atoms with Crippen LogP contribution in [0.15, 0.2) is 15.4 Å². The fourth-order valence-corrected chi connectivity index (χ4v) is 2.00. The van der Waals surface area contributed by atoms with E-state index < -0.39 is 23.5 Å². The minimum Gasteiger partial charge on any atom is -0.467 e. The lowest BCUT2D eigenvalue weighted by molar-refractivity contribution is -0.159. The zero-order valence-corrected chi connectivity index (χ0v) is 11.3. The summed E-state index contributed by atoms with van der Waals surface area (Å²) < 4.78 is 15.6. The van der Waals surface area contributed by atoms with E-state index in [4.69, 9.17) is 9.26 Å². The highest BCUT2D eigenvalue weighted by Crippen LogP contribution is 2.07. The van der Waals surface area contributed by atoms with E-state index >= 15 is 0 Å². The predicted molar refractivity (Wildman–Crippen MR) is 66.5 cm³/mol. The third kappa shape index (κ3) is 3.14. The Hall–Kier alpha value is -1.93. The molecule has 1 aromatic heterocycles. The molecule has 1 fully saturated rings. The summed E-state index contributed by atoms with van der Waals surface area (Å²) in [6, 6.07) is 1.24. The van der Waals surface area contributed by atoms with Crippen LogP contribution in [-0.2, 0) is 14.3 Å². The number of aromatic nitrogens is 1. The van der Waals surface area contributed by atoms with E-state index in [1.807, 2.05) is 0 Å². The normalized spacial score (nSPS) is 19.8. The Labute approximate surface area is 114 Å². The van der Waals surface area contributed by atoms with Crippen LogP contribution in [0.4, 0.5) is 0 Å². The fourth-order valence-electron chi connectivity index (χ4n) is 2.00. The lowest BCUT2D eigenvalue weighted by Gasteiger charge is -2.30. The highest BCUT2D eigenvalue weighted by atomic mass is 16.6. The molecule has 1 aliphatic heterocycles. The second-order valence-electron chi connectivity index (χ2n) is 4.49. The number of esters is 1. The van der Waals surface area contributed by atoms with Gasteiger partial charge in [-0.25, -0.2) is 4.79 Å². The van der Waals surface area contributed by atoms with Gasteiger partial charge in [0.2, 0.25) is 0 Å². The summed E-state index contributed by atoms with van der Waals surface area (Å²) in [5.41, 5.74) is -0.495. The number of hydrogen-bond donors (Lipinski definition) is 0. The number of carbonyl (C=O) groups is 2. The first-order valence-corrected chi connectivity index (χ1v) is 6.16. The smallest absolute Gasteiger partial charge is 0.336 e. The van der Waals surface area contributed by atoms with E-state index in [9.17, 15) is 14.4 Å². The van der Waals surface area contributed by atoms with Crippen molar-refractivity contribution in [1.29, 1.82) is 0 Å². The third-order valence-corrected chi connectivity index (χ3v) is 2.96. The summed E-state index contributed by atoms with van der Waals surface area (Å²) in [6.45, 7) is 2.62. The highest BCUT2D eigenvalue weighted by Gasteiger charge is 2.29. The number of carbonyl (C=O) groups excluding carboxylic acids is 2. The van der Waals surface area contributed by atoms with Crippen molar-refractivity contribution < 1.29 is 23.6 Å². The Morgan fingerprint density at radius 1 is 1.50 bits per heavy atom. The second kappa shape index (κ2) is 6.02. The molecule has 0 saturated carbocycles. The number of rotatable bonds is 3. The van der Waals surface area contributed by atoms with E-state index in [2.05, 4.69) is 4.74 Å². The first-order valence-electron chi connectivity index (χ1n) is 6.16. The minimum atomic E-state index is -0.711. The second-order valence-corrected chi connectivity index (χ2v) is 4.49. The average Bonchev–Trinajstić information content (AvgIpc) is 2.77. The third-order valence-electron chi connectivity index (χ3n) is 2.96. The van der Waals surface area contributed by atoms with Gasteiger partial charge in [0.15, 0.2) is 6.10 Å². The Morgan fingerprint density at radius 3 is 2.85 bits per heavy atom. The number of ether oxygens (including phenoxy) is 2. The Bertz CT molecular complexity index is 561.